The number of hydrogen-bond donors (Lipinski definition) is 0. The molecule has 0 fully saturated rings. The molecular formula is C13H27O4Ti. The second-order valence-corrected chi connectivity index (χ2v) is 4.53. The Labute approximate surface area is 124 Å². The first-order valence-electron chi connectivity index (χ1n) is 7.01. The summed E-state index contributed by atoms with van der Waals surface area (Å²) in [4.78, 5) is 0. The summed E-state index contributed by atoms with van der Waals surface area (Å²) in [5.41, 5.74) is 0. The fraction of sp³-hybridized carbons (Fsp3) is 1.00. The standard InChI is InChI=1S/C13H27O4.Ti/c1-4-7-10-15-13(14,16-11-8-5-2)17-12-9-6-3;/h4-12H2,1-3H3;/q-1;+1. The summed E-state index contributed by atoms with van der Waals surface area (Å²) in [5.74, 6) is 0. The number of unbranched alkanes of at least 4 members (excludes halogenated alkanes) is 3. The maximum absolute atomic E-state index is 5.65. The Morgan fingerprint density at radius 1 is 0.722 bits per heavy atom. The van der Waals surface area contributed by atoms with Gasteiger partial charge in [0, 0.05) is 0 Å². The van der Waals surface area contributed by atoms with Crippen LogP contribution in [0.25, 0.3) is 0 Å². The van der Waals surface area contributed by atoms with Gasteiger partial charge in [-0.25, -0.2) is 0 Å². The van der Waals surface area contributed by atoms with Crippen LogP contribution in [-0.2, 0) is 38.4 Å². The van der Waals surface area contributed by atoms with Gasteiger partial charge in [-0.3, -0.25) is 0 Å². The van der Waals surface area contributed by atoms with Crippen molar-refractivity contribution >= 4 is 0 Å². The molecule has 0 heterocycles. The van der Waals surface area contributed by atoms with Crippen LogP contribution in [0.5, 0.6) is 0 Å². The number of ether oxygens (including phenoxy) is 3. The third-order valence-corrected chi connectivity index (χ3v) is 2.85. The van der Waals surface area contributed by atoms with Crippen LogP contribution in [0.15, 0.2) is 0 Å². The monoisotopic (exact) mass is 295 g/mol. The molecule has 0 amide bonds. The molecule has 0 atom stereocenters. The van der Waals surface area contributed by atoms with Crippen molar-refractivity contribution < 1.29 is 38.4 Å². The van der Waals surface area contributed by atoms with Crippen LogP contribution < -0.4 is 0 Å². The van der Waals surface area contributed by atoms with E-state index in [9.17, 15) is 0 Å². The van der Waals surface area contributed by atoms with Crippen LogP contribution in [0.2, 0.25) is 0 Å². The van der Waals surface area contributed by atoms with E-state index in [-0.39, 0.29) is 0 Å². The molecule has 0 spiro atoms. The number of rotatable bonds is 13. The molecule has 0 unspecified atom stereocenters. The maximum atomic E-state index is 5.65. The van der Waals surface area contributed by atoms with E-state index in [4.69, 9.17) is 17.5 Å². The normalized spacial score (nSPS) is 11.9. The zero-order valence-corrected chi connectivity index (χ0v) is 13.6. The second-order valence-electron chi connectivity index (χ2n) is 4.21. The van der Waals surface area contributed by atoms with E-state index in [1.165, 1.54) is 0 Å². The molecule has 0 saturated heterocycles. The number of hydrogen-bond acceptors (Lipinski definition) is 4. The summed E-state index contributed by atoms with van der Waals surface area (Å²) in [6.07, 6.45) is 4.83. The molecule has 18 heavy (non-hydrogen) atoms. The van der Waals surface area contributed by atoms with Crippen molar-refractivity contribution in [1.82, 2.24) is 0 Å². The predicted octanol–water partition coefficient (Wildman–Crippen LogP) is 3.53. The van der Waals surface area contributed by atoms with Gasteiger partial charge in [-0.1, -0.05) is 0 Å². The Morgan fingerprint density at radius 2 is 1.06 bits per heavy atom. The molecule has 5 heteroatoms. The average Bonchev–Trinajstić information content (AvgIpc) is 2.39. The molecule has 0 saturated carbocycles. The molecule has 0 bridgehead atoms. The summed E-state index contributed by atoms with van der Waals surface area (Å²) < 4.78 is 22.2. The SMILES string of the molecule is CCCCOC([O][Ti])(OCCCC)OCCCC. The zero-order chi connectivity index (χ0) is 13.7. The summed E-state index contributed by atoms with van der Waals surface area (Å²) in [5, 5.41) is 0. The Morgan fingerprint density at radius 3 is 1.28 bits per heavy atom. The minimum atomic E-state index is -1.31. The van der Waals surface area contributed by atoms with E-state index in [2.05, 4.69) is 20.8 Å². The first-order valence-corrected chi connectivity index (χ1v) is 7.65. The van der Waals surface area contributed by atoms with Gasteiger partial charge >= 0.3 is 124 Å². The van der Waals surface area contributed by atoms with Crippen LogP contribution in [-0.4, -0.2) is 26.0 Å². The average molecular weight is 295 g/mol. The fourth-order valence-corrected chi connectivity index (χ4v) is 1.51. The molecule has 4 nitrogen and oxygen atoms in total. The van der Waals surface area contributed by atoms with Gasteiger partial charge in [0.15, 0.2) is 0 Å². The van der Waals surface area contributed by atoms with Crippen molar-refractivity contribution in [2.45, 2.75) is 65.5 Å². The third kappa shape index (κ3) is 8.62. The van der Waals surface area contributed by atoms with Crippen molar-refractivity contribution in [1.29, 1.82) is 0 Å². The minimum absolute atomic E-state index is 0.586. The van der Waals surface area contributed by atoms with Crippen molar-refractivity contribution in [2.75, 3.05) is 19.8 Å². The van der Waals surface area contributed by atoms with Crippen LogP contribution in [0.3, 0.4) is 0 Å². The van der Waals surface area contributed by atoms with Crippen LogP contribution in [0.1, 0.15) is 59.3 Å². The Bertz CT molecular complexity index is 152. The van der Waals surface area contributed by atoms with E-state index in [0.29, 0.717) is 19.8 Å². The Kier molecular flexibility index (Phi) is 13.0. The van der Waals surface area contributed by atoms with Crippen molar-refractivity contribution in [3.8, 4) is 0 Å². The molecule has 107 valence electrons. The van der Waals surface area contributed by atoms with E-state index in [1.54, 1.807) is 20.8 Å². The molecular weight excluding hydrogens is 268 g/mol. The second kappa shape index (κ2) is 12.6. The third-order valence-electron chi connectivity index (χ3n) is 2.46. The van der Waals surface area contributed by atoms with Gasteiger partial charge in [-0.05, 0) is 0 Å². The van der Waals surface area contributed by atoms with E-state index in [0.717, 1.165) is 38.5 Å². The molecule has 0 N–H and O–H groups in total. The topological polar surface area (TPSA) is 36.9 Å². The summed E-state index contributed by atoms with van der Waals surface area (Å²) in [6.45, 7) is 8.11. The molecule has 0 aromatic rings. The molecule has 0 aromatic heterocycles. The Balaban J connectivity index is 4.20. The van der Waals surface area contributed by atoms with Gasteiger partial charge in [-0.15, -0.1) is 0 Å². The van der Waals surface area contributed by atoms with Crippen LogP contribution >= 0.6 is 0 Å². The van der Waals surface area contributed by atoms with Crippen LogP contribution in [0.4, 0.5) is 0 Å². The van der Waals surface area contributed by atoms with E-state index < -0.39 is 6.16 Å². The quantitative estimate of drug-likeness (QED) is 0.296. The fourth-order valence-electron chi connectivity index (χ4n) is 1.24. The van der Waals surface area contributed by atoms with Gasteiger partial charge in [0.1, 0.15) is 0 Å². The summed E-state index contributed by atoms with van der Waals surface area (Å²) in [7, 11) is 0. The van der Waals surface area contributed by atoms with Crippen molar-refractivity contribution in [2.24, 2.45) is 0 Å². The first-order chi connectivity index (χ1) is 8.74. The predicted molar refractivity (Wildman–Crippen MR) is 66.4 cm³/mol. The van der Waals surface area contributed by atoms with E-state index in [1.807, 2.05) is 0 Å². The zero-order valence-electron chi connectivity index (χ0n) is 12.0. The molecule has 0 radical (unpaired) electrons. The van der Waals surface area contributed by atoms with Crippen LogP contribution in [0, 0.1) is 0 Å². The summed E-state index contributed by atoms with van der Waals surface area (Å²) in [6, 6.07) is 0. The first kappa shape index (κ1) is 18.6. The van der Waals surface area contributed by atoms with Gasteiger partial charge in [-0.2, -0.15) is 0 Å². The molecule has 0 aliphatic carbocycles. The van der Waals surface area contributed by atoms with E-state index >= 15 is 0 Å². The summed E-state index contributed by atoms with van der Waals surface area (Å²) >= 11 is 1.56. The molecule has 0 rings (SSSR count). The van der Waals surface area contributed by atoms with Crippen molar-refractivity contribution in [3.63, 3.8) is 0 Å². The molecule has 0 aliphatic heterocycles. The van der Waals surface area contributed by atoms with Gasteiger partial charge in [0.25, 0.3) is 0 Å². The molecule has 0 aliphatic rings. The molecule has 0 aromatic carbocycles. The van der Waals surface area contributed by atoms with Gasteiger partial charge in [0.05, 0.1) is 0 Å². The van der Waals surface area contributed by atoms with Crippen molar-refractivity contribution in [3.05, 3.63) is 0 Å². The van der Waals surface area contributed by atoms with Gasteiger partial charge in [0.2, 0.25) is 0 Å². The Hall–Kier alpha value is 0.554. The van der Waals surface area contributed by atoms with Gasteiger partial charge < -0.3 is 0 Å².